The highest BCUT2D eigenvalue weighted by molar-refractivity contribution is 6.86. The number of hydrogen-bond donors (Lipinski definition) is 1. The van der Waals surface area contributed by atoms with Gasteiger partial charge in [0.2, 0.25) is 0 Å². The van der Waals surface area contributed by atoms with Crippen molar-refractivity contribution < 1.29 is 5.11 Å². The zero-order chi connectivity index (χ0) is 15.4. The predicted octanol–water partition coefficient (Wildman–Crippen LogP) is 4.74. The van der Waals surface area contributed by atoms with E-state index in [-0.39, 0.29) is 5.04 Å². The van der Waals surface area contributed by atoms with Gasteiger partial charge in [0.25, 0.3) is 0 Å². The molecule has 1 rings (SSSR count). The van der Waals surface area contributed by atoms with Crippen LogP contribution in [0.1, 0.15) is 32.8 Å². The molecule has 1 aromatic carbocycles. The largest absolute Gasteiger partial charge is 0.389 e. The highest BCUT2D eigenvalue weighted by Gasteiger charge is 2.40. The molecule has 110 valence electrons. The van der Waals surface area contributed by atoms with Crippen LogP contribution < -0.4 is 0 Å². The number of hydrogen-bond acceptors (Lipinski definition) is 1. The topological polar surface area (TPSA) is 20.2 Å². The molecule has 0 aliphatic heterocycles. The highest BCUT2D eigenvalue weighted by atomic mass is 28.3. The second-order valence-electron chi connectivity index (χ2n) is 7.01. The van der Waals surface area contributed by atoms with Crippen molar-refractivity contribution in [2.75, 3.05) is 0 Å². The zero-order valence-corrected chi connectivity index (χ0v) is 14.5. The van der Waals surface area contributed by atoms with Gasteiger partial charge in [0, 0.05) is 0 Å². The van der Waals surface area contributed by atoms with E-state index in [1.54, 1.807) is 0 Å². The van der Waals surface area contributed by atoms with Gasteiger partial charge in [0.1, 0.15) is 0 Å². The molecule has 1 atom stereocenters. The summed E-state index contributed by atoms with van der Waals surface area (Å²) in [5.74, 6) is 0. The Labute approximate surface area is 125 Å². The van der Waals surface area contributed by atoms with Crippen LogP contribution in [0, 0.1) is 0 Å². The fourth-order valence-corrected chi connectivity index (χ4v) is 4.48. The fourth-order valence-electron chi connectivity index (χ4n) is 2.25. The van der Waals surface area contributed by atoms with Crippen molar-refractivity contribution in [2.45, 2.75) is 57.8 Å². The molecule has 0 fully saturated rings. The van der Waals surface area contributed by atoms with E-state index in [1.807, 2.05) is 18.2 Å². The highest BCUT2D eigenvalue weighted by Crippen LogP contribution is 2.41. The molecule has 0 amide bonds. The molecule has 2 heteroatoms. The van der Waals surface area contributed by atoms with Gasteiger partial charge in [-0.05, 0) is 28.6 Å². The standard InChI is InChI=1S/C18H28OSi/c1-7-17(20(5,6)18(2,3)4)16(19)14-13-15-11-9-8-10-12-15/h8-12,16,19H,1,13-14H2,2-6H3. The third-order valence-corrected chi connectivity index (χ3v) is 10.2. The van der Waals surface area contributed by atoms with Gasteiger partial charge >= 0.3 is 0 Å². The van der Waals surface area contributed by atoms with Crippen LogP contribution >= 0.6 is 0 Å². The first kappa shape index (κ1) is 17.0. The molecule has 1 nitrogen and oxygen atoms in total. The van der Waals surface area contributed by atoms with E-state index in [0.717, 1.165) is 18.0 Å². The molecule has 1 N–H and O–H groups in total. The predicted molar refractivity (Wildman–Crippen MR) is 90.6 cm³/mol. The molecule has 0 saturated heterocycles. The molecule has 0 aromatic heterocycles. The average Bonchev–Trinajstić information content (AvgIpc) is 2.37. The smallest absolute Gasteiger partial charge is 0.0940 e. The van der Waals surface area contributed by atoms with E-state index in [2.05, 4.69) is 58.3 Å². The molecule has 0 aliphatic carbocycles. The maximum atomic E-state index is 10.6. The van der Waals surface area contributed by atoms with Crippen LogP contribution in [0.15, 0.2) is 47.8 Å². The monoisotopic (exact) mass is 288 g/mol. The lowest BCUT2D eigenvalue weighted by Crippen LogP contribution is -2.43. The van der Waals surface area contributed by atoms with E-state index in [9.17, 15) is 5.11 Å². The number of aryl methyl sites for hydroxylation is 1. The van der Waals surface area contributed by atoms with Gasteiger partial charge in [-0.25, -0.2) is 0 Å². The van der Waals surface area contributed by atoms with Gasteiger partial charge in [0.15, 0.2) is 0 Å². The lowest BCUT2D eigenvalue weighted by molar-refractivity contribution is 0.206. The molecule has 1 unspecified atom stereocenters. The average molecular weight is 289 g/mol. The number of aliphatic hydroxyl groups excluding tert-OH is 1. The molecule has 0 bridgehead atoms. The summed E-state index contributed by atoms with van der Waals surface area (Å²) in [5.41, 5.74) is 4.33. The molecular formula is C18H28OSi. The lowest BCUT2D eigenvalue weighted by Gasteiger charge is -2.39. The quantitative estimate of drug-likeness (QED) is 0.613. The summed E-state index contributed by atoms with van der Waals surface area (Å²) < 4.78 is 0. The van der Waals surface area contributed by atoms with Crippen LogP contribution in [0.4, 0.5) is 0 Å². The maximum absolute atomic E-state index is 10.6. The van der Waals surface area contributed by atoms with E-state index >= 15 is 0 Å². The van der Waals surface area contributed by atoms with Crippen molar-refractivity contribution in [2.24, 2.45) is 0 Å². The van der Waals surface area contributed by atoms with Gasteiger partial charge in [-0.1, -0.05) is 70.8 Å². The second kappa shape index (κ2) is 6.58. The Hall–Kier alpha value is -1.08. The zero-order valence-electron chi connectivity index (χ0n) is 13.5. The van der Waals surface area contributed by atoms with Crippen molar-refractivity contribution >= 4 is 8.07 Å². The molecule has 1 aromatic rings. The summed E-state index contributed by atoms with van der Waals surface area (Å²) in [6.07, 6.45) is 1.21. The van der Waals surface area contributed by atoms with Crippen LogP contribution in [0.2, 0.25) is 18.1 Å². The summed E-state index contributed by atoms with van der Waals surface area (Å²) in [7, 11) is -1.74. The van der Waals surface area contributed by atoms with Crippen molar-refractivity contribution in [1.82, 2.24) is 0 Å². The Morgan fingerprint density at radius 2 is 1.80 bits per heavy atom. The van der Waals surface area contributed by atoms with E-state index in [1.165, 1.54) is 5.56 Å². The van der Waals surface area contributed by atoms with Crippen molar-refractivity contribution in [3.8, 4) is 0 Å². The van der Waals surface area contributed by atoms with Crippen LogP contribution in [0.5, 0.6) is 0 Å². The Morgan fingerprint density at radius 3 is 2.25 bits per heavy atom. The molecule has 0 spiro atoms. The number of benzene rings is 1. The summed E-state index contributed by atoms with van der Waals surface area (Å²) in [6, 6.07) is 10.3. The Morgan fingerprint density at radius 1 is 1.25 bits per heavy atom. The third kappa shape index (κ3) is 3.96. The molecule has 0 heterocycles. The van der Waals surface area contributed by atoms with E-state index < -0.39 is 14.2 Å². The van der Waals surface area contributed by atoms with Gasteiger partial charge < -0.3 is 5.11 Å². The van der Waals surface area contributed by atoms with Gasteiger partial charge in [-0.3, -0.25) is 0 Å². The number of rotatable bonds is 5. The van der Waals surface area contributed by atoms with Crippen LogP contribution in [0.25, 0.3) is 0 Å². The van der Waals surface area contributed by atoms with Gasteiger partial charge in [-0.15, -0.1) is 5.73 Å². The maximum Gasteiger partial charge on any atom is 0.0940 e. The SMILES string of the molecule is C=C=C(C(O)CCc1ccccc1)[Si](C)(C)C(C)(C)C. The molecule has 0 aliphatic rings. The molecule has 0 saturated carbocycles. The first-order valence-corrected chi connectivity index (χ1v) is 10.3. The van der Waals surface area contributed by atoms with E-state index in [0.29, 0.717) is 0 Å². The Bertz CT molecular complexity index is 476. The Balaban J connectivity index is 2.79. The third-order valence-electron chi connectivity index (χ3n) is 4.62. The summed E-state index contributed by atoms with van der Waals surface area (Å²) in [4.78, 5) is 0. The van der Waals surface area contributed by atoms with Crippen LogP contribution in [-0.2, 0) is 6.42 Å². The fraction of sp³-hybridized carbons (Fsp3) is 0.500. The van der Waals surface area contributed by atoms with Crippen molar-refractivity contribution in [3.05, 3.63) is 53.4 Å². The minimum absolute atomic E-state index is 0.195. The molecular weight excluding hydrogens is 260 g/mol. The second-order valence-corrected chi connectivity index (χ2v) is 12.3. The summed E-state index contributed by atoms with van der Waals surface area (Å²) >= 11 is 0. The summed E-state index contributed by atoms with van der Waals surface area (Å²) in [6.45, 7) is 15.2. The first-order valence-electron chi connectivity index (χ1n) is 7.32. The van der Waals surface area contributed by atoms with Crippen molar-refractivity contribution in [3.63, 3.8) is 0 Å². The minimum Gasteiger partial charge on any atom is -0.389 e. The van der Waals surface area contributed by atoms with Crippen LogP contribution in [-0.4, -0.2) is 19.3 Å². The Kier molecular flexibility index (Phi) is 5.58. The minimum atomic E-state index is -1.74. The summed E-state index contributed by atoms with van der Waals surface area (Å²) in [5, 5.41) is 11.8. The van der Waals surface area contributed by atoms with Crippen molar-refractivity contribution in [1.29, 1.82) is 0 Å². The van der Waals surface area contributed by atoms with Gasteiger partial charge in [-0.2, -0.15) is 0 Å². The van der Waals surface area contributed by atoms with Crippen LogP contribution in [0.3, 0.4) is 0 Å². The number of aliphatic hydroxyl groups is 1. The van der Waals surface area contributed by atoms with Gasteiger partial charge in [0.05, 0.1) is 14.2 Å². The molecule has 0 radical (unpaired) electrons. The first-order chi connectivity index (χ1) is 9.20. The van der Waals surface area contributed by atoms with E-state index in [4.69, 9.17) is 0 Å². The lowest BCUT2D eigenvalue weighted by atomic mass is 10.1. The normalized spacial score (nSPS) is 13.7. The molecule has 20 heavy (non-hydrogen) atoms.